The Kier molecular flexibility index (Phi) is 4.17. The first kappa shape index (κ1) is 13.0. The van der Waals surface area contributed by atoms with Crippen LogP contribution in [-0.2, 0) is 0 Å². The molecule has 1 aliphatic rings. The Bertz CT molecular complexity index is 377. The third kappa shape index (κ3) is 3.27. The zero-order valence-corrected chi connectivity index (χ0v) is 11.7. The van der Waals surface area contributed by atoms with Gasteiger partial charge in [-0.05, 0) is 46.5 Å². The first-order valence-electron chi connectivity index (χ1n) is 6.44. The van der Waals surface area contributed by atoms with Crippen molar-refractivity contribution in [3.05, 3.63) is 15.6 Å². The molecule has 4 heteroatoms. The number of nitrogens with zero attached hydrogens (tertiary/aromatic N) is 1. The summed E-state index contributed by atoms with van der Waals surface area (Å²) in [6.07, 6.45) is 4.05. The topological polar surface area (TPSA) is 45.2 Å². The van der Waals surface area contributed by atoms with Gasteiger partial charge >= 0.3 is 0 Å². The molecule has 1 saturated carbocycles. The molecule has 0 aromatic carbocycles. The molecule has 0 radical (unpaired) electrons. The normalized spacial score (nSPS) is 27.1. The lowest BCUT2D eigenvalue weighted by Crippen LogP contribution is -2.37. The van der Waals surface area contributed by atoms with E-state index in [4.69, 9.17) is 0 Å². The van der Waals surface area contributed by atoms with Crippen molar-refractivity contribution in [1.82, 2.24) is 10.3 Å². The van der Waals surface area contributed by atoms with Crippen LogP contribution < -0.4 is 5.32 Å². The van der Waals surface area contributed by atoms with E-state index in [0.29, 0.717) is 12.1 Å². The van der Waals surface area contributed by atoms with E-state index in [1.807, 2.05) is 0 Å². The Hall–Kier alpha value is -0.450. The molecule has 1 aromatic rings. The van der Waals surface area contributed by atoms with Crippen LogP contribution in [0.4, 0.5) is 0 Å². The van der Waals surface area contributed by atoms with Crippen LogP contribution in [0.5, 0.6) is 0 Å². The molecule has 0 amide bonds. The summed E-state index contributed by atoms with van der Waals surface area (Å²) in [6, 6.07) is 0.798. The number of rotatable bonds is 3. The number of aliphatic hydroxyl groups is 1. The minimum Gasteiger partial charge on any atom is -0.393 e. The molecule has 1 aliphatic carbocycles. The highest BCUT2D eigenvalue weighted by atomic mass is 32.1. The van der Waals surface area contributed by atoms with Crippen LogP contribution in [-0.4, -0.2) is 22.2 Å². The molecule has 2 N–H and O–H groups in total. The van der Waals surface area contributed by atoms with Crippen molar-refractivity contribution in [1.29, 1.82) is 0 Å². The third-order valence-electron chi connectivity index (χ3n) is 3.46. The molecule has 3 unspecified atom stereocenters. The number of thiazole rings is 1. The summed E-state index contributed by atoms with van der Waals surface area (Å²) in [5, 5.41) is 14.4. The van der Waals surface area contributed by atoms with Crippen molar-refractivity contribution in [3.63, 3.8) is 0 Å². The molecular weight excluding hydrogens is 232 g/mol. The summed E-state index contributed by atoms with van der Waals surface area (Å²) >= 11 is 1.78. The largest absolute Gasteiger partial charge is 0.393 e. The highest BCUT2D eigenvalue weighted by Gasteiger charge is 2.23. The van der Waals surface area contributed by atoms with Gasteiger partial charge in [-0.3, -0.25) is 0 Å². The van der Waals surface area contributed by atoms with Crippen LogP contribution in [0.25, 0.3) is 0 Å². The average Bonchev–Trinajstić information content (AvgIpc) is 2.58. The number of hydrogen-bond donors (Lipinski definition) is 2. The average molecular weight is 254 g/mol. The van der Waals surface area contributed by atoms with Crippen molar-refractivity contribution in [2.45, 2.75) is 64.6 Å². The summed E-state index contributed by atoms with van der Waals surface area (Å²) in [6.45, 7) is 6.33. The number of aromatic nitrogens is 1. The molecule has 1 heterocycles. The van der Waals surface area contributed by atoms with E-state index in [2.05, 4.69) is 31.1 Å². The fourth-order valence-electron chi connectivity index (χ4n) is 2.69. The maximum atomic E-state index is 9.67. The summed E-state index contributed by atoms with van der Waals surface area (Å²) in [5.41, 5.74) is 1.14. The van der Waals surface area contributed by atoms with E-state index >= 15 is 0 Å². The molecule has 96 valence electrons. The van der Waals surface area contributed by atoms with Gasteiger partial charge in [-0.25, -0.2) is 4.98 Å². The number of aryl methyl sites for hydroxylation is 2. The molecular formula is C13H22N2OS. The molecule has 1 fully saturated rings. The van der Waals surface area contributed by atoms with Gasteiger partial charge in [0.25, 0.3) is 0 Å². The van der Waals surface area contributed by atoms with Gasteiger partial charge in [-0.2, -0.15) is 0 Å². The summed E-state index contributed by atoms with van der Waals surface area (Å²) in [7, 11) is 0. The lowest BCUT2D eigenvalue weighted by atomic mass is 9.92. The fourth-order valence-corrected chi connectivity index (χ4v) is 3.63. The number of nitrogens with one attached hydrogen (secondary N) is 1. The van der Waals surface area contributed by atoms with Gasteiger partial charge < -0.3 is 10.4 Å². The predicted molar refractivity (Wildman–Crippen MR) is 71.4 cm³/mol. The van der Waals surface area contributed by atoms with Gasteiger partial charge in [-0.15, -0.1) is 11.3 Å². The molecule has 2 rings (SSSR count). The van der Waals surface area contributed by atoms with E-state index in [9.17, 15) is 5.11 Å². The molecule has 0 saturated heterocycles. The Morgan fingerprint density at radius 1 is 1.41 bits per heavy atom. The van der Waals surface area contributed by atoms with Crippen LogP contribution in [0.2, 0.25) is 0 Å². The van der Waals surface area contributed by atoms with E-state index in [-0.39, 0.29) is 6.10 Å². The van der Waals surface area contributed by atoms with Crippen molar-refractivity contribution < 1.29 is 5.11 Å². The molecule has 17 heavy (non-hydrogen) atoms. The van der Waals surface area contributed by atoms with Crippen molar-refractivity contribution in [2.24, 2.45) is 0 Å². The quantitative estimate of drug-likeness (QED) is 0.872. The van der Waals surface area contributed by atoms with Gasteiger partial charge in [0.2, 0.25) is 0 Å². The molecule has 0 aliphatic heterocycles. The smallest absolute Gasteiger partial charge is 0.0900 e. The lowest BCUT2D eigenvalue weighted by molar-refractivity contribution is 0.109. The van der Waals surface area contributed by atoms with Gasteiger partial charge in [-0.1, -0.05) is 0 Å². The molecule has 1 aromatic heterocycles. The van der Waals surface area contributed by atoms with E-state index in [0.717, 1.165) is 30.0 Å². The molecule has 3 atom stereocenters. The summed E-state index contributed by atoms with van der Waals surface area (Å²) in [4.78, 5) is 5.81. The van der Waals surface area contributed by atoms with Crippen LogP contribution in [0.15, 0.2) is 0 Å². The van der Waals surface area contributed by atoms with Crippen LogP contribution >= 0.6 is 11.3 Å². The van der Waals surface area contributed by atoms with Crippen molar-refractivity contribution in [3.8, 4) is 0 Å². The van der Waals surface area contributed by atoms with E-state index < -0.39 is 0 Å². The third-order valence-corrected chi connectivity index (χ3v) is 4.72. The molecule has 0 spiro atoms. The van der Waals surface area contributed by atoms with Gasteiger partial charge in [0.05, 0.1) is 16.8 Å². The second kappa shape index (κ2) is 5.46. The van der Waals surface area contributed by atoms with Crippen molar-refractivity contribution in [2.75, 3.05) is 0 Å². The maximum absolute atomic E-state index is 9.67. The first-order valence-corrected chi connectivity index (χ1v) is 7.26. The second-order valence-electron chi connectivity index (χ2n) is 5.09. The van der Waals surface area contributed by atoms with E-state index in [1.165, 1.54) is 11.3 Å². The standard InChI is InChI=1S/C13H22N2OS/c1-8-13(17-10(3)14-8)9(2)15-11-5-4-6-12(16)7-11/h9,11-12,15-16H,4-7H2,1-3H3. The van der Waals surface area contributed by atoms with Crippen LogP contribution in [0.3, 0.4) is 0 Å². The van der Waals surface area contributed by atoms with Gasteiger partial charge in [0.15, 0.2) is 0 Å². The number of aliphatic hydroxyl groups excluding tert-OH is 1. The predicted octanol–water partition coefficient (Wildman–Crippen LogP) is 2.71. The van der Waals surface area contributed by atoms with Crippen molar-refractivity contribution >= 4 is 11.3 Å². The summed E-state index contributed by atoms with van der Waals surface area (Å²) in [5.74, 6) is 0. The minimum absolute atomic E-state index is 0.113. The Morgan fingerprint density at radius 2 is 2.18 bits per heavy atom. The highest BCUT2D eigenvalue weighted by Crippen LogP contribution is 2.27. The monoisotopic (exact) mass is 254 g/mol. The first-order chi connectivity index (χ1) is 8.06. The molecule has 0 bridgehead atoms. The Balaban J connectivity index is 1.96. The number of hydrogen-bond acceptors (Lipinski definition) is 4. The molecule has 3 nitrogen and oxygen atoms in total. The van der Waals surface area contributed by atoms with Crippen LogP contribution in [0.1, 0.15) is 54.2 Å². The fraction of sp³-hybridized carbons (Fsp3) is 0.769. The zero-order chi connectivity index (χ0) is 12.4. The van der Waals surface area contributed by atoms with Crippen LogP contribution in [0, 0.1) is 13.8 Å². The van der Waals surface area contributed by atoms with Gasteiger partial charge in [0, 0.05) is 17.0 Å². The zero-order valence-electron chi connectivity index (χ0n) is 10.9. The SMILES string of the molecule is Cc1nc(C)c(C(C)NC2CCCC(O)C2)s1. The van der Waals surface area contributed by atoms with Gasteiger partial charge in [0.1, 0.15) is 0 Å². The minimum atomic E-state index is -0.113. The summed E-state index contributed by atoms with van der Waals surface area (Å²) < 4.78 is 0. The Labute approximate surface area is 107 Å². The Morgan fingerprint density at radius 3 is 2.76 bits per heavy atom. The lowest BCUT2D eigenvalue weighted by Gasteiger charge is -2.29. The maximum Gasteiger partial charge on any atom is 0.0900 e. The second-order valence-corrected chi connectivity index (χ2v) is 6.32. The highest BCUT2D eigenvalue weighted by molar-refractivity contribution is 7.11. The van der Waals surface area contributed by atoms with E-state index in [1.54, 1.807) is 11.3 Å².